The summed E-state index contributed by atoms with van der Waals surface area (Å²) >= 11 is 5.92. The molecule has 3 aromatic rings. The largest absolute Gasteiger partial charge is 0.334 e. The Morgan fingerprint density at radius 2 is 1.65 bits per heavy atom. The molecule has 6 heteroatoms. The molecular weight excluding hydrogens is 286 g/mol. The summed E-state index contributed by atoms with van der Waals surface area (Å²) in [6.07, 6.45) is 0. The highest BCUT2D eigenvalue weighted by molar-refractivity contribution is 6.33. The molecule has 3 nitrogen and oxygen atoms in total. The lowest BCUT2D eigenvalue weighted by atomic mass is 10.2. The average Bonchev–Trinajstić information content (AvgIpc) is 2.89. The fourth-order valence-corrected chi connectivity index (χ4v) is 1.96. The van der Waals surface area contributed by atoms with E-state index in [0.717, 1.165) is 0 Å². The quantitative estimate of drug-likeness (QED) is 0.705. The monoisotopic (exact) mass is 292 g/mol. The molecule has 0 aliphatic rings. The standard InChI is InChI=1S/C14H7ClF2N2O/c15-12-7-10(17)5-6-11(12)14-18-13(19-20-14)8-1-3-9(16)4-2-8/h1-7H. The highest BCUT2D eigenvalue weighted by Gasteiger charge is 2.14. The Labute approximate surface area is 117 Å². The average molecular weight is 293 g/mol. The minimum absolute atomic E-state index is 0.175. The van der Waals surface area contributed by atoms with Crippen LogP contribution in [0.1, 0.15) is 0 Å². The van der Waals surface area contributed by atoms with Crippen molar-refractivity contribution in [1.82, 2.24) is 10.1 Å². The smallest absolute Gasteiger partial charge is 0.259 e. The number of rotatable bonds is 2. The van der Waals surface area contributed by atoms with Gasteiger partial charge in [-0.3, -0.25) is 0 Å². The Bertz CT molecular complexity index is 756. The zero-order valence-corrected chi connectivity index (χ0v) is 10.7. The zero-order chi connectivity index (χ0) is 14.1. The topological polar surface area (TPSA) is 38.9 Å². The van der Waals surface area contributed by atoms with E-state index >= 15 is 0 Å². The normalized spacial score (nSPS) is 10.8. The van der Waals surface area contributed by atoms with Crippen LogP contribution in [0.4, 0.5) is 8.78 Å². The van der Waals surface area contributed by atoms with Crippen molar-refractivity contribution in [2.75, 3.05) is 0 Å². The first-order valence-corrected chi connectivity index (χ1v) is 6.06. The third-order valence-corrected chi connectivity index (χ3v) is 3.00. The Balaban J connectivity index is 1.99. The molecule has 0 saturated carbocycles. The molecule has 0 amide bonds. The number of nitrogens with zero attached hydrogens (tertiary/aromatic N) is 2. The van der Waals surface area contributed by atoms with Gasteiger partial charge in [0, 0.05) is 5.56 Å². The van der Waals surface area contributed by atoms with E-state index in [-0.39, 0.29) is 16.7 Å². The molecule has 0 N–H and O–H groups in total. The van der Waals surface area contributed by atoms with Gasteiger partial charge in [-0.25, -0.2) is 8.78 Å². The summed E-state index contributed by atoms with van der Waals surface area (Å²) in [4.78, 5) is 4.16. The van der Waals surface area contributed by atoms with E-state index in [2.05, 4.69) is 10.1 Å². The second-order valence-corrected chi connectivity index (χ2v) is 4.46. The minimum Gasteiger partial charge on any atom is -0.334 e. The van der Waals surface area contributed by atoms with Crippen LogP contribution in [0.2, 0.25) is 5.02 Å². The molecule has 0 aliphatic carbocycles. The van der Waals surface area contributed by atoms with Crippen LogP contribution in [0.3, 0.4) is 0 Å². The Morgan fingerprint density at radius 1 is 0.950 bits per heavy atom. The molecule has 0 spiro atoms. The van der Waals surface area contributed by atoms with Crippen molar-refractivity contribution in [1.29, 1.82) is 0 Å². The lowest BCUT2D eigenvalue weighted by Crippen LogP contribution is -1.83. The van der Waals surface area contributed by atoms with Gasteiger partial charge in [0.25, 0.3) is 5.89 Å². The summed E-state index contributed by atoms with van der Waals surface area (Å²) in [5.74, 6) is -0.314. The van der Waals surface area contributed by atoms with E-state index in [4.69, 9.17) is 16.1 Å². The lowest BCUT2D eigenvalue weighted by Gasteiger charge is -1.97. The van der Waals surface area contributed by atoms with Gasteiger partial charge >= 0.3 is 0 Å². The molecule has 0 saturated heterocycles. The summed E-state index contributed by atoms with van der Waals surface area (Å²) in [5, 5.41) is 3.97. The number of hydrogen-bond donors (Lipinski definition) is 0. The molecule has 0 aliphatic heterocycles. The van der Waals surface area contributed by atoms with Crippen molar-refractivity contribution < 1.29 is 13.3 Å². The van der Waals surface area contributed by atoms with E-state index in [9.17, 15) is 8.78 Å². The van der Waals surface area contributed by atoms with Gasteiger partial charge in [0.2, 0.25) is 5.82 Å². The predicted molar refractivity (Wildman–Crippen MR) is 70.1 cm³/mol. The van der Waals surface area contributed by atoms with Crippen LogP contribution < -0.4 is 0 Å². The number of halogens is 3. The molecule has 0 radical (unpaired) electrons. The Kier molecular flexibility index (Phi) is 3.20. The molecule has 100 valence electrons. The zero-order valence-electron chi connectivity index (χ0n) is 9.98. The maximum atomic E-state index is 13.0. The van der Waals surface area contributed by atoms with Crippen LogP contribution in [-0.4, -0.2) is 10.1 Å². The maximum absolute atomic E-state index is 13.0. The van der Waals surface area contributed by atoms with Crippen molar-refractivity contribution in [2.24, 2.45) is 0 Å². The fourth-order valence-electron chi connectivity index (χ4n) is 1.71. The van der Waals surface area contributed by atoms with E-state index in [1.165, 1.54) is 42.5 Å². The fraction of sp³-hybridized carbons (Fsp3) is 0. The van der Waals surface area contributed by atoms with Crippen LogP contribution in [-0.2, 0) is 0 Å². The van der Waals surface area contributed by atoms with Crippen LogP contribution in [0, 0.1) is 11.6 Å². The first-order valence-electron chi connectivity index (χ1n) is 5.68. The predicted octanol–water partition coefficient (Wildman–Crippen LogP) is 4.34. The summed E-state index contributed by atoms with van der Waals surface area (Å²) in [5.41, 5.74) is 1.05. The first-order chi connectivity index (χ1) is 9.63. The van der Waals surface area contributed by atoms with E-state index in [0.29, 0.717) is 17.0 Å². The minimum atomic E-state index is -0.447. The molecule has 1 aromatic heterocycles. The van der Waals surface area contributed by atoms with Crippen molar-refractivity contribution in [3.05, 3.63) is 59.1 Å². The summed E-state index contributed by atoms with van der Waals surface area (Å²) in [6.45, 7) is 0. The van der Waals surface area contributed by atoms with Gasteiger partial charge in [0.15, 0.2) is 0 Å². The van der Waals surface area contributed by atoms with Gasteiger partial charge in [-0.15, -0.1) is 0 Å². The molecule has 0 unspecified atom stereocenters. The number of aromatic nitrogens is 2. The second kappa shape index (κ2) is 5.02. The van der Waals surface area contributed by atoms with E-state index in [1.807, 2.05) is 0 Å². The van der Waals surface area contributed by atoms with Gasteiger partial charge in [0.1, 0.15) is 11.6 Å². The highest BCUT2D eigenvalue weighted by atomic mass is 35.5. The van der Waals surface area contributed by atoms with Crippen molar-refractivity contribution >= 4 is 11.6 Å². The van der Waals surface area contributed by atoms with Crippen LogP contribution in [0.25, 0.3) is 22.8 Å². The number of benzene rings is 2. The maximum Gasteiger partial charge on any atom is 0.259 e. The molecular formula is C14H7ClF2N2O. The molecule has 20 heavy (non-hydrogen) atoms. The Hall–Kier alpha value is -2.27. The summed E-state index contributed by atoms with van der Waals surface area (Å²) in [7, 11) is 0. The van der Waals surface area contributed by atoms with E-state index < -0.39 is 5.82 Å². The van der Waals surface area contributed by atoms with Gasteiger partial charge in [-0.1, -0.05) is 16.8 Å². The van der Waals surface area contributed by atoms with Gasteiger partial charge in [-0.2, -0.15) is 4.98 Å². The van der Waals surface area contributed by atoms with Gasteiger partial charge in [0.05, 0.1) is 10.6 Å². The molecule has 1 heterocycles. The molecule has 3 rings (SSSR count). The second-order valence-electron chi connectivity index (χ2n) is 4.05. The number of hydrogen-bond acceptors (Lipinski definition) is 3. The van der Waals surface area contributed by atoms with E-state index in [1.54, 1.807) is 0 Å². The van der Waals surface area contributed by atoms with Crippen molar-refractivity contribution in [2.45, 2.75) is 0 Å². The molecule has 0 atom stereocenters. The third-order valence-electron chi connectivity index (χ3n) is 2.69. The van der Waals surface area contributed by atoms with Crippen molar-refractivity contribution in [3.8, 4) is 22.8 Å². The van der Waals surface area contributed by atoms with Crippen LogP contribution >= 0.6 is 11.6 Å². The SMILES string of the molecule is Fc1ccc(-c2noc(-c3ccc(F)cc3Cl)n2)cc1. The van der Waals surface area contributed by atoms with Crippen LogP contribution in [0.15, 0.2) is 47.0 Å². The lowest BCUT2D eigenvalue weighted by molar-refractivity contribution is 0.432. The molecule has 0 fully saturated rings. The van der Waals surface area contributed by atoms with Gasteiger partial charge in [-0.05, 0) is 42.5 Å². The first kappa shape index (κ1) is 12.7. The van der Waals surface area contributed by atoms with Crippen molar-refractivity contribution in [3.63, 3.8) is 0 Å². The van der Waals surface area contributed by atoms with Crippen LogP contribution in [0.5, 0.6) is 0 Å². The molecule has 0 bridgehead atoms. The summed E-state index contributed by atoms with van der Waals surface area (Å²) in [6, 6.07) is 9.56. The highest BCUT2D eigenvalue weighted by Crippen LogP contribution is 2.28. The Morgan fingerprint density at radius 3 is 2.35 bits per heavy atom. The third kappa shape index (κ3) is 2.40. The van der Waals surface area contributed by atoms with Gasteiger partial charge < -0.3 is 4.52 Å². The molecule has 2 aromatic carbocycles. The summed E-state index contributed by atoms with van der Waals surface area (Å²) < 4.78 is 30.9.